The number of aryl methyl sites for hydroxylation is 1. The molecule has 0 aliphatic rings. The molecule has 0 saturated heterocycles. The lowest BCUT2D eigenvalue weighted by atomic mass is 10.2. The molecule has 130 valence electrons. The molecule has 0 aliphatic heterocycles. The summed E-state index contributed by atoms with van der Waals surface area (Å²) in [5, 5.41) is 12.2. The molecule has 0 radical (unpaired) electrons. The molecule has 3 rings (SSSR count). The highest BCUT2D eigenvalue weighted by molar-refractivity contribution is 9.10. The van der Waals surface area contributed by atoms with E-state index in [-0.39, 0.29) is 12.5 Å². The molecule has 6 nitrogen and oxygen atoms in total. The highest BCUT2D eigenvalue weighted by Crippen LogP contribution is 2.21. The molecule has 25 heavy (non-hydrogen) atoms. The Hall–Kier alpha value is -2.12. The average Bonchev–Trinajstić information content (AvgIpc) is 3.06. The van der Waals surface area contributed by atoms with Gasteiger partial charge in [0, 0.05) is 11.2 Å². The second-order valence-corrected chi connectivity index (χ2v) is 7.09. The molecule has 1 amide bonds. The highest BCUT2D eigenvalue weighted by Gasteiger charge is 2.15. The lowest BCUT2D eigenvalue weighted by molar-refractivity contribution is -0.116. The SMILES string of the molecule is Cc1nn(Cc2cccc(Cl)c2)c(C)c1NC(=O)Cn1cc(Br)cn1. The normalized spacial score (nSPS) is 10.9. The number of rotatable bonds is 5. The maximum Gasteiger partial charge on any atom is 0.246 e. The summed E-state index contributed by atoms with van der Waals surface area (Å²) in [7, 11) is 0. The molecule has 0 saturated carbocycles. The van der Waals surface area contributed by atoms with Gasteiger partial charge >= 0.3 is 0 Å². The number of halogens is 2. The number of hydrogen-bond acceptors (Lipinski definition) is 3. The van der Waals surface area contributed by atoms with Crippen LogP contribution in [0.15, 0.2) is 41.1 Å². The Labute approximate surface area is 158 Å². The molecule has 0 spiro atoms. The molecule has 3 aromatic rings. The number of benzene rings is 1. The largest absolute Gasteiger partial charge is 0.321 e. The Kier molecular flexibility index (Phi) is 5.24. The first-order valence-electron chi connectivity index (χ1n) is 7.68. The summed E-state index contributed by atoms with van der Waals surface area (Å²) in [6.45, 7) is 4.55. The molecule has 2 aromatic heterocycles. The number of carbonyl (C=O) groups is 1. The van der Waals surface area contributed by atoms with E-state index in [2.05, 4.69) is 31.4 Å². The van der Waals surface area contributed by atoms with Crippen molar-refractivity contribution in [2.45, 2.75) is 26.9 Å². The quantitative estimate of drug-likeness (QED) is 0.680. The number of amides is 1. The van der Waals surface area contributed by atoms with E-state index in [4.69, 9.17) is 11.6 Å². The minimum absolute atomic E-state index is 0.143. The van der Waals surface area contributed by atoms with Gasteiger partial charge in [-0.15, -0.1) is 0 Å². The van der Waals surface area contributed by atoms with Gasteiger partial charge in [-0.05, 0) is 47.5 Å². The van der Waals surface area contributed by atoms with Crippen LogP contribution in [0, 0.1) is 13.8 Å². The fourth-order valence-electron chi connectivity index (χ4n) is 2.59. The van der Waals surface area contributed by atoms with Crippen LogP contribution in [-0.2, 0) is 17.9 Å². The van der Waals surface area contributed by atoms with Crippen LogP contribution in [0.1, 0.15) is 17.0 Å². The van der Waals surface area contributed by atoms with Gasteiger partial charge in [0.2, 0.25) is 5.91 Å². The van der Waals surface area contributed by atoms with E-state index in [9.17, 15) is 4.79 Å². The minimum atomic E-state index is -0.149. The molecular formula is C17H17BrClN5O. The van der Waals surface area contributed by atoms with E-state index in [1.165, 1.54) is 0 Å². The van der Waals surface area contributed by atoms with Crippen LogP contribution < -0.4 is 5.32 Å². The van der Waals surface area contributed by atoms with E-state index in [0.29, 0.717) is 11.6 Å². The third kappa shape index (κ3) is 4.29. The average molecular weight is 423 g/mol. The summed E-state index contributed by atoms with van der Waals surface area (Å²) in [6, 6.07) is 7.65. The second kappa shape index (κ2) is 7.41. The van der Waals surface area contributed by atoms with Crippen LogP contribution >= 0.6 is 27.5 Å². The molecule has 0 fully saturated rings. The minimum Gasteiger partial charge on any atom is -0.321 e. The second-order valence-electron chi connectivity index (χ2n) is 5.74. The van der Waals surface area contributed by atoms with E-state index < -0.39 is 0 Å². The monoisotopic (exact) mass is 421 g/mol. The van der Waals surface area contributed by atoms with Crippen LogP contribution in [0.3, 0.4) is 0 Å². The van der Waals surface area contributed by atoms with Gasteiger partial charge < -0.3 is 5.32 Å². The van der Waals surface area contributed by atoms with Crippen molar-refractivity contribution in [3.05, 3.63) is 63.1 Å². The summed E-state index contributed by atoms with van der Waals surface area (Å²) in [5.74, 6) is -0.149. The van der Waals surface area contributed by atoms with Crippen molar-refractivity contribution in [3.8, 4) is 0 Å². The zero-order valence-electron chi connectivity index (χ0n) is 13.8. The van der Waals surface area contributed by atoms with Crippen molar-refractivity contribution in [1.82, 2.24) is 19.6 Å². The van der Waals surface area contributed by atoms with Gasteiger partial charge in [0.1, 0.15) is 6.54 Å². The van der Waals surface area contributed by atoms with E-state index >= 15 is 0 Å². The van der Waals surface area contributed by atoms with Crippen molar-refractivity contribution < 1.29 is 4.79 Å². The molecule has 0 aliphatic carbocycles. The fraction of sp³-hybridized carbons (Fsp3) is 0.235. The van der Waals surface area contributed by atoms with Crippen LogP contribution in [0.25, 0.3) is 0 Å². The lowest BCUT2D eigenvalue weighted by Crippen LogP contribution is -2.19. The van der Waals surface area contributed by atoms with Gasteiger partial charge in [0.05, 0.1) is 34.3 Å². The molecule has 2 heterocycles. The fourth-order valence-corrected chi connectivity index (χ4v) is 3.13. The first kappa shape index (κ1) is 17.7. The summed E-state index contributed by atoms with van der Waals surface area (Å²) in [5.41, 5.74) is 3.46. The van der Waals surface area contributed by atoms with Crippen LogP contribution in [-0.4, -0.2) is 25.5 Å². The smallest absolute Gasteiger partial charge is 0.246 e. The Morgan fingerprint density at radius 2 is 2.16 bits per heavy atom. The molecule has 0 unspecified atom stereocenters. The Morgan fingerprint density at radius 3 is 2.84 bits per heavy atom. The number of aromatic nitrogens is 4. The number of hydrogen-bond donors (Lipinski definition) is 1. The zero-order valence-corrected chi connectivity index (χ0v) is 16.2. The van der Waals surface area contributed by atoms with Gasteiger partial charge in [-0.25, -0.2) is 0 Å². The van der Waals surface area contributed by atoms with Crippen molar-refractivity contribution >= 4 is 39.1 Å². The third-order valence-electron chi connectivity index (χ3n) is 3.77. The summed E-state index contributed by atoms with van der Waals surface area (Å²) in [6.07, 6.45) is 3.40. The van der Waals surface area contributed by atoms with E-state index in [1.54, 1.807) is 17.1 Å². The standard InChI is InChI=1S/C17H17BrClN5O/c1-11-17(21-16(25)10-23-9-14(18)7-20-23)12(2)24(22-11)8-13-4-3-5-15(19)6-13/h3-7,9H,8,10H2,1-2H3,(H,21,25). The van der Waals surface area contributed by atoms with Gasteiger partial charge in [-0.2, -0.15) is 10.2 Å². The number of nitrogens with one attached hydrogen (secondary N) is 1. The van der Waals surface area contributed by atoms with Gasteiger partial charge in [-0.1, -0.05) is 23.7 Å². The van der Waals surface area contributed by atoms with Crippen molar-refractivity contribution in [2.24, 2.45) is 0 Å². The van der Waals surface area contributed by atoms with Crippen molar-refractivity contribution in [2.75, 3.05) is 5.32 Å². The number of nitrogens with zero attached hydrogens (tertiary/aromatic N) is 4. The van der Waals surface area contributed by atoms with Crippen LogP contribution in [0.4, 0.5) is 5.69 Å². The summed E-state index contributed by atoms with van der Waals surface area (Å²) in [4.78, 5) is 12.3. The maximum atomic E-state index is 12.3. The number of carbonyl (C=O) groups excluding carboxylic acids is 1. The molecule has 8 heteroatoms. The topological polar surface area (TPSA) is 64.7 Å². The van der Waals surface area contributed by atoms with Crippen molar-refractivity contribution in [3.63, 3.8) is 0 Å². The van der Waals surface area contributed by atoms with Gasteiger partial charge in [-0.3, -0.25) is 14.2 Å². The van der Waals surface area contributed by atoms with Crippen LogP contribution in [0.2, 0.25) is 5.02 Å². The Balaban J connectivity index is 1.74. The van der Waals surface area contributed by atoms with E-state index in [1.807, 2.05) is 42.8 Å². The Bertz CT molecular complexity index is 918. The molecule has 1 aromatic carbocycles. The predicted molar refractivity (Wildman–Crippen MR) is 101 cm³/mol. The van der Waals surface area contributed by atoms with Crippen LogP contribution in [0.5, 0.6) is 0 Å². The highest BCUT2D eigenvalue weighted by atomic mass is 79.9. The number of anilines is 1. The third-order valence-corrected chi connectivity index (χ3v) is 4.42. The first-order chi connectivity index (χ1) is 11.9. The summed E-state index contributed by atoms with van der Waals surface area (Å²) < 4.78 is 4.27. The first-order valence-corrected chi connectivity index (χ1v) is 8.85. The Morgan fingerprint density at radius 1 is 1.36 bits per heavy atom. The zero-order chi connectivity index (χ0) is 18.0. The molecule has 1 N–H and O–H groups in total. The van der Waals surface area contributed by atoms with Gasteiger partial charge in [0.15, 0.2) is 0 Å². The maximum absolute atomic E-state index is 12.3. The lowest BCUT2D eigenvalue weighted by Gasteiger charge is -2.08. The van der Waals surface area contributed by atoms with Crippen molar-refractivity contribution in [1.29, 1.82) is 0 Å². The molecular weight excluding hydrogens is 406 g/mol. The van der Waals surface area contributed by atoms with E-state index in [0.717, 1.165) is 27.1 Å². The molecule has 0 atom stereocenters. The molecule has 0 bridgehead atoms. The van der Waals surface area contributed by atoms with Gasteiger partial charge in [0.25, 0.3) is 0 Å². The summed E-state index contributed by atoms with van der Waals surface area (Å²) >= 11 is 9.35. The predicted octanol–water partition coefficient (Wildman–Crippen LogP) is 3.80.